The van der Waals surface area contributed by atoms with Gasteiger partial charge in [-0.3, -0.25) is 4.98 Å². The number of nitrogens with zero attached hydrogens (tertiary/aromatic N) is 6. The molecule has 28 heavy (non-hydrogen) atoms. The molecule has 3 aromatic rings. The Hall–Kier alpha value is -3.09. The summed E-state index contributed by atoms with van der Waals surface area (Å²) in [6, 6.07) is 12.4. The summed E-state index contributed by atoms with van der Waals surface area (Å²) in [5, 5.41) is 17.5. The maximum Gasteiger partial charge on any atom is 0.245 e. The Morgan fingerprint density at radius 3 is 2.54 bits per heavy atom. The third-order valence-corrected chi connectivity index (χ3v) is 6.69. The second kappa shape index (κ2) is 7.14. The van der Waals surface area contributed by atoms with Gasteiger partial charge in [0.1, 0.15) is 11.0 Å². The summed E-state index contributed by atoms with van der Waals surface area (Å²) < 4.78 is 27.9. The molecular formula is C19H18N6O2S. The van der Waals surface area contributed by atoms with Gasteiger partial charge in [-0.15, -0.1) is 10.2 Å². The van der Waals surface area contributed by atoms with Crippen LogP contribution in [0.1, 0.15) is 11.3 Å². The number of benzene rings is 1. The lowest BCUT2D eigenvalue weighted by atomic mass is 10.2. The van der Waals surface area contributed by atoms with Crippen LogP contribution in [0.15, 0.2) is 47.5 Å². The highest BCUT2D eigenvalue weighted by molar-refractivity contribution is 7.89. The van der Waals surface area contributed by atoms with Crippen molar-refractivity contribution in [3.8, 4) is 6.07 Å². The molecule has 0 radical (unpaired) electrons. The quantitative estimate of drug-likeness (QED) is 0.666. The summed E-state index contributed by atoms with van der Waals surface area (Å²) >= 11 is 0. The number of aryl methyl sites for hydroxylation is 1. The first-order valence-corrected chi connectivity index (χ1v) is 10.3. The highest BCUT2D eigenvalue weighted by Gasteiger charge is 2.30. The van der Waals surface area contributed by atoms with Gasteiger partial charge in [0.2, 0.25) is 10.0 Å². The second-order valence-electron chi connectivity index (χ2n) is 6.62. The van der Waals surface area contributed by atoms with Crippen molar-refractivity contribution in [2.24, 2.45) is 0 Å². The fraction of sp³-hybridized carbons (Fsp3) is 0.263. The van der Waals surface area contributed by atoms with Crippen LogP contribution in [-0.4, -0.2) is 54.1 Å². The van der Waals surface area contributed by atoms with Gasteiger partial charge in [0.15, 0.2) is 11.5 Å². The van der Waals surface area contributed by atoms with Gasteiger partial charge in [0, 0.05) is 37.8 Å². The first kappa shape index (κ1) is 18.3. The van der Waals surface area contributed by atoms with E-state index in [2.05, 4.69) is 15.2 Å². The van der Waals surface area contributed by atoms with Crippen molar-refractivity contribution in [1.29, 1.82) is 5.26 Å². The molecule has 0 spiro atoms. The van der Waals surface area contributed by atoms with Gasteiger partial charge in [0.05, 0.1) is 5.52 Å². The smallest absolute Gasteiger partial charge is 0.245 e. The Kier molecular flexibility index (Phi) is 4.66. The van der Waals surface area contributed by atoms with E-state index in [1.54, 1.807) is 30.5 Å². The molecule has 1 fully saturated rings. The van der Waals surface area contributed by atoms with Gasteiger partial charge in [-0.25, -0.2) is 8.42 Å². The Balaban J connectivity index is 1.56. The van der Waals surface area contributed by atoms with Crippen LogP contribution in [0.3, 0.4) is 0 Å². The number of para-hydroxylation sites is 1. The third kappa shape index (κ3) is 3.28. The van der Waals surface area contributed by atoms with Crippen molar-refractivity contribution in [1.82, 2.24) is 19.5 Å². The zero-order valence-corrected chi connectivity index (χ0v) is 16.1. The van der Waals surface area contributed by atoms with Gasteiger partial charge in [-0.2, -0.15) is 9.57 Å². The Labute approximate surface area is 163 Å². The maximum atomic E-state index is 13.2. The van der Waals surface area contributed by atoms with E-state index in [1.807, 2.05) is 30.0 Å². The van der Waals surface area contributed by atoms with E-state index in [9.17, 15) is 8.42 Å². The van der Waals surface area contributed by atoms with E-state index in [1.165, 1.54) is 4.31 Å². The monoisotopic (exact) mass is 394 g/mol. The number of piperazine rings is 1. The lowest BCUT2D eigenvalue weighted by molar-refractivity contribution is 0.384. The predicted octanol–water partition coefficient (Wildman–Crippen LogP) is 1.72. The zero-order valence-electron chi connectivity index (χ0n) is 15.3. The van der Waals surface area contributed by atoms with E-state index in [4.69, 9.17) is 5.26 Å². The molecule has 0 unspecified atom stereocenters. The van der Waals surface area contributed by atoms with E-state index < -0.39 is 10.0 Å². The molecule has 1 aliphatic heterocycles. The van der Waals surface area contributed by atoms with Crippen molar-refractivity contribution < 1.29 is 8.42 Å². The fourth-order valence-corrected chi connectivity index (χ4v) is 4.89. The molecule has 0 atom stereocenters. The normalized spacial score (nSPS) is 15.5. The van der Waals surface area contributed by atoms with E-state index in [-0.39, 0.29) is 10.6 Å². The topological polar surface area (TPSA) is 103 Å². The summed E-state index contributed by atoms with van der Waals surface area (Å²) in [6.45, 7) is 3.60. The van der Waals surface area contributed by atoms with Crippen molar-refractivity contribution in [3.05, 3.63) is 53.9 Å². The Morgan fingerprint density at radius 1 is 1.07 bits per heavy atom. The zero-order chi connectivity index (χ0) is 19.7. The summed E-state index contributed by atoms with van der Waals surface area (Å²) in [6.07, 6.45) is 1.68. The summed E-state index contributed by atoms with van der Waals surface area (Å²) in [5.41, 5.74) is 1.73. The van der Waals surface area contributed by atoms with Gasteiger partial charge in [-0.05, 0) is 36.8 Å². The number of rotatable bonds is 3. The fourth-order valence-electron chi connectivity index (χ4n) is 3.30. The minimum absolute atomic E-state index is 0.233. The first-order valence-electron chi connectivity index (χ1n) is 8.83. The molecule has 4 rings (SSSR count). The molecule has 8 nitrogen and oxygen atoms in total. The molecule has 1 saturated heterocycles. The molecule has 0 bridgehead atoms. The van der Waals surface area contributed by atoms with E-state index in [0.29, 0.717) is 37.5 Å². The first-order chi connectivity index (χ1) is 13.5. The Morgan fingerprint density at radius 2 is 1.86 bits per heavy atom. The van der Waals surface area contributed by atoms with Crippen LogP contribution in [0, 0.1) is 18.3 Å². The minimum atomic E-state index is -3.65. The van der Waals surface area contributed by atoms with Gasteiger partial charge >= 0.3 is 0 Å². The number of aromatic nitrogens is 3. The SMILES string of the molecule is Cc1cnc2c(S(=O)(=O)N3CCN(c4ccc(C#N)nn4)CC3)cccc2c1. The van der Waals surface area contributed by atoms with Crippen LogP contribution in [0.25, 0.3) is 10.9 Å². The molecule has 9 heteroatoms. The van der Waals surface area contributed by atoms with Crippen molar-refractivity contribution in [2.75, 3.05) is 31.1 Å². The highest BCUT2D eigenvalue weighted by atomic mass is 32.2. The highest BCUT2D eigenvalue weighted by Crippen LogP contribution is 2.26. The molecule has 142 valence electrons. The van der Waals surface area contributed by atoms with Crippen LogP contribution in [-0.2, 0) is 10.0 Å². The van der Waals surface area contributed by atoms with Crippen LogP contribution < -0.4 is 4.90 Å². The van der Waals surface area contributed by atoms with Crippen molar-refractivity contribution in [3.63, 3.8) is 0 Å². The number of hydrogen-bond donors (Lipinski definition) is 0. The van der Waals surface area contributed by atoms with Crippen molar-refractivity contribution in [2.45, 2.75) is 11.8 Å². The molecule has 0 aliphatic carbocycles. The van der Waals surface area contributed by atoms with Gasteiger partial charge in [0.25, 0.3) is 0 Å². The standard InChI is InChI=1S/C19H18N6O2S/c1-14-11-15-3-2-4-17(19(15)21-13-14)28(26,27)25-9-7-24(8-10-25)18-6-5-16(12-20)22-23-18/h2-6,11,13H,7-10H2,1H3. The van der Waals surface area contributed by atoms with Gasteiger partial charge < -0.3 is 4.90 Å². The average Bonchev–Trinajstić information content (AvgIpc) is 2.73. The molecule has 0 amide bonds. The summed E-state index contributed by atoms with van der Waals surface area (Å²) in [5.74, 6) is 0.637. The molecule has 1 aromatic carbocycles. The average molecular weight is 394 g/mol. The summed E-state index contributed by atoms with van der Waals surface area (Å²) in [4.78, 5) is 6.56. The predicted molar refractivity (Wildman–Crippen MR) is 104 cm³/mol. The lowest BCUT2D eigenvalue weighted by Gasteiger charge is -2.34. The Bertz CT molecular complexity index is 1160. The van der Waals surface area contributed by atoms with Gasteiger partial charge in [-0.1, -0.05) is 12.1 Å². The third-order valence-electron chi connectivity index (χ3n) is 4.76. The van der Waals surface area contributed by atoms with Crippen LogP contribution in [0.5, 0.6) is 0 Å². The lowest BCUT2D eigenvalue weighted by Crippen LogP contribution is -2.49. The minimum Gasteiger partial charge on any atom is -0.352 e. The van der Waals surface area contributed by atoms with Crippen LogP contribution in [0.4, 0.5) is 5.82 Å². The number of pyridine rings is 1. The van der Waals surface area contributed by atoms with Crippen LogP contribution >= 0.6 is 0 Å². The number of hydrogen-bond acceptors (Lipinski definition) is 7. The van der Waals surface area contributed by atoms with Crippen molar-refractivity contribution >= 4 is 26.7 Å². The summed E-state index contributed by atoms with van der Waals surface area (Å²) in [7, 11) is -3.65. The molecule has 0 saturated carbocycles. The number of nitriles is 1. The molecule has 2 aromatic heterocycles. The number of sulfonamides is 1. The van der Waals surface area contributed by atoms with E-state index in [0.717, 1.165) is 10.9 Å². The number of anilines is 1. The molecule has 0 N–H and O–H groups in total. The molecule has 1 aliphatic rings. The maximum absolute atomic E-state index is 13.2. The molecular weight excluding hydrogens is 376 g/mol. The molecule has 3 heterocycles. The van der Waals surface area contributed by atoms with Crippen LogP contribution in [0.2, 0.25) is 0 Å². The largest absolute Gasteiger partial charge is 0.352 e. The second-order valence-corrected chi connectivity index (χ2v) is 8.53. The van der Waals surface area contributed by atoms with E-state index >= 15 is 0 Å². The number of fused-ring (bicyclic) bond motifs is 1.